The van der Waals surface area contributed by atoms with Gasteiger partial charge in [0.2, 0.25) is 0 Å². The maximum absolute atomic E-state index is 12.0. The Hall–Kier alpha value is -2.48. The van der Waals surface area contributed by atoms with E-state index in [2.05, 4.69) is 5.32 Å². The van der Waals surface area contributed by atoms with Crippen LogP contribution in [0.1, 0.15) is 24.0 Å². The van der Waals surface area contributed by atoms with Crippen molar-refractivity contribution in [3.63, 3.8) is 0 Å². The van der Waals surface area contributed by atoms with Crippen LogP contribution in [0, 0.1) is 0 Å². The molecule has 2 aromatic rings. The molecule has 7 nitrogen and oxygen atoms in total. The van der Waals surface area contributed by atoms with E-state index in [9.17, 15) is 14.4 Å². The monoisotopic (exact) mass is 391 g/mol. The lowest BCUT2D eigenvalue weighted by atomic mass is 10.1. The van der Waals surface area contributed by atoms with Gasteiger partial charge in [-0.2, -0.15) is 11.8 Å². The third kappa shape index (κ3) is 4.44. The summed E-state index contributed by atoms with van der Waals surface area (Å²) in [6.45, 7) is -0.316. The van der Waals surface area contributed by atoms with E-state index in [-0.39, 0.29) is 12.2 Å². The number of carboxylic acid groups (broad SMARTS) is 1. The Balaban J connectivity index is 1.66. The molecule has 1 aliphatic carbocycles. The Bertz CT molecular complexity index is 922. The first-order chi connectivity index (χ1) is 13.0. The predicted molar refractivity (Wildman–Crippen MR) is 103 cm³/mol. The lowest BCUT2D eigenvalue weighted by Gasteiger charge is -2.14. The second-order valence-corrected chi connectivity index (χ2v) is 7.37. The van der Waals surface area contributed by atoms with Crippen molar-refractivity contribution in [1.82, 2.24) is 5.32 Å². The van der Waals surface area contributed by atoms with Crippen molar-refractivity contribution in [3.8, 4) is 5.75 Å². The van der Waals surface area contributed by atoms with Crippen molar-refractivity contribution < 1.29 is 23.8 Å². The average Bonchev–Trinajstić information content (AvgIpc) is 3.13. The number of amides is 1. The summed E-state index contributed by atoms with van der Waals surface area (Å²) in [7, 11) is 0. The number of carboxylic acids is 1. The molecule has 1 unspecified atom stereocenters. The number of carbonyl (C=O) groups is 2. The highest BCUT2D eigenvalue weighted by Gasteiger charge is 2.21. The molecule has 0 bridgehead atoms. The van der Waals surface area contributed by atoms with Crippen molar-refractivity contribution in [2.24, 2.45) is 0 Å². The summed E-state index contributed by atoms with van der Waals surface area (Å²) in [5.74, 6) is -0.570. The first kappa shape index (κ1) is 19.3. The average molecular weight is 391 g/mol. The highest BCUT2D eigenvalue weighted by molar-refractivity contribution is 7.98. The Morgan fingerprint density at radius 1 is 1.33 bits per heavy atom. The summed E-state index contributed by atoms with van der Waals surface area (Å²) in [5.41, 5.74) is 1.90. The molecule has 2 N–H and O–H groups in total. The summed E-state index contributed by atoms with van der Waals surface area (Å²) in [6.07, 6.45) is 4.75. The van der Waals surface area contributed by atoms with E-state index in [1.54, 1.807) is 12.1 Å². The third-order valence-corrected chi connectivity index (χ3v) is 5.20. The molecule has 0 saturated heterocycles. The summed E-state index contributed by atoms with van der Waals surface area (Å²) < 4.78 is 10.8. The van der Waals surface area contributed by atoms with Crippen LogP contribution in [-0.4, -0.2) is 41.6 Å². The minimum atomic E-state index is -1.07. The third-order valence-electron chi connectivity index (χ3n) is 4.56. The standard InChI is InChI=1S/C19H21NO6S/c1-27-8-7-15(18(22)23)20-17(21)10-25-11-5-6-13-12-3-2-4-14(12)19(24)26-16(13)9-11/h5-6,9,15H,2-4,7-8,10H2,1H3,(H,20,21)(H,22,23). The van der Waals surface area contributed by atoms with Crippen LogP contribution in [0.4, 0.5) is 0 Å². The Morgan fingerprint density at radius 3 is 2.85 bits per heavy atom. The summed E-state index contributed by atoms with van der Waals surface area (Å²) in [4.78, 5) is 35.2. The number of thioether (sulfide) groups is 1. The van der Waals surface area contributed by atoms with Gasteiger partial charge >= 0.3 is 11.6 Å². The molecule has 8 heteroatoms. The molecule has 1 amide bonds. The van der Waals surface area contributed by atoms with E-state index in [0.717, 1.165) is 35.8 Å². The first-order valence-electron chi connectivity index (χ1n) is 8.72. The predicted octanol–water partition coefficient (Wildman–Crippen LogP) is 1.98. The molecule has 1 heterocycles. The molecule has 0 aliphatic heterocycles. The molecule has 27 heavy (non-hydrogen) atoms. The minimum absolute atomic E-state index is 0.316. The first-order valence-corrected chi connectivity index (χ1v) is 10.1. The highest BCUT2D eigenvalue weighted by Crippen LogP contribution is 2.29. The maximum atomic E-state index is 12.0. The van der Waals surface area contributed by atoms with E-state index in [1.165, 1.54) is 11.8 Å². The van der Waals surface area contributed by atoms with Crippen LogP contribution in [0.3, 0.4) is 0 Å². The summed E-state index contributed by atoms with van der Waals surface area (Å²) >= 11 is 1.51. The topological polar surface area (TPSA) is 106 Å². The molecule has 3 rings (SSSR count). The van der Waals surface area contributed by atoms with E-state index in [1.807, 2.05) is 12.3 Å². The van der Waals surface area contributed by atoms with Crippen molar-refractivity contribution in [2.75, 3.05) is 18.6 Å². The van der Waals surface area contributed by atoms with Gasteiger partial charge in [0.25, 0.3) is 5.91 Å². The van der Waals surface area contributed by atoms with Gasteiger partial charge in [-0.05, 0) is 55.4 Å². The van der Waals surface area contributed by atoms with Crippen molar-refractivity contribution in [3.05, 3.63) is 39.7 Å². The number of hydrogen-bond acceptors (Lipinski definition) is 6. The van der Waals surface area contributed by atoms with Crippen molar-refractivity contribution in [2.45, 2.75) is 31.7 Å². The van der Waals surface area contributed by atoms with Crippen LogP contribution < -0.4 is 15.7 Å². The van der Waals surface area contributed by atoms with Gasteiger partial charge in [0.1, 0.15) is 17.4 Å². The lowest BCUT2D eigenvalue weighted by molar-refractivity contribution is -0.142. The molecule has 1 atom stereocenters. The molecule has 1 aromatic carbocycles. The number of benzene rings is 1. The van der Waals surface area contributed by atoms with Crippen molar-refractivity contribution >= 4 is 34.6 Å². The Labute approximate surface area is 160 Å². The van der Waals surface area contributed by atoms with Crippen LogP contribution >= 0.6 is 11.8 Å². The Kier molecular flexibility index (Phi) is 6.05. The second kappa shape index (κ2) is 8.47. The van der Waals surface area contributed by atoms with Gasteiger partial charge < -0.3 is 19.6 Å². The zero-order valence-electron chi connectivity index (χ0n) is 14.9. The molecular weight excluding hydrogens is 370 g/mol. The van der Waals surface area contributed by atoms with E-state index in [4.69, 9.17) is 14.3 Å². The maximum Gasteiger partial charge on any atom is 0.339 e. The van der Waals surface area contributed by atoms with Gasteiger partial charge in [-0.15, -0.1) is 0 Å². The molecular formula is C19H21NO6S. The van der Waals surface area contributed by atoms with Crippen LogP contribution in [0.25, 0.3) is 11.0 Å². The zero-order valence-corrected chi connectivity index (χ0v) is 15.8. The van der Waals surface area contributed by atoms with E-state index < -0.39 is 17.9 Å². The van der Waals surface area contributed by atoms with Gasteiger partial charge in [-0.25, -0.2) is 9.59 Å². The molecule has 0 radical (unpaired) electrons. The van der Waals surface area contributed by atoms with E-state index >= 15 is 0 Å². The molecule has 1 aromatic heterocycles. The summed E-state index contributed by atoms with van der Waals surface area (Å²) in [5, 5.41) is 12.5. The molecule has 0 fully saturated rings. The number of aryl methyl sites for hydroxylation is 1. The number of ether oxygens (including phenoxy) is 1. The quantitative estimate of drug-likeness (QED) is 0.663. The number of rotatable bonds is 8. The number of fused-ring (bicyclic) bond motifs is 3. The largest absolute Gasteiger partial charge is 0.484 e. The number of aliphatic carboxylic acids is 1. The van der Waals surface area contributed by atoms with Crippen LogP contribution in [0.5, 0.6) is 5.75 Å². The molecule has 1 aliphatic rings. The minimum Gasteiger partial charge on any atom is -0.484 e. The van der Waals surface area contributed by atoms with E-state index in [0.29, 0.717) is 23.5 Å². The van der Waals surface area contributed by atoms with Gasteiger partial charge in [-0.1, -0.05) is 0 Å². The Morgan fingerprint density at radius 2 is 2.11 bits per heavy atom. The second-order valence-electron chi connectivity index (χ2n) is 6.39. The fourth-order valence-electron chi connectivity index (χ4n) is 3.23. The van der Waals surface area contributed by atoms with Crippen LogP contribution in [0.2, 0.25) is 0 Å². The van der Waals surface area contributed by atoms with Crippen LogP contribution in [-0.2, 0) is 22.4 Å². The van der Waals surface area contributed by atoms with Gasteiger partial charge in [-0.3, -0.25) is 4.79 Å². The molecule has 144 valence electrons. The van der Waals surface area contributed by atoms with Gasteiger partial charge in [0, 0.05) is 17.0 Å². The fraction of sp³-hybridized carbons (Fsp3) is 0.421. The summed E-state index contributed by atoms with van der Waals surface area (Å²) in [6, 6.07) is 4.20. The number of nitrogens with one attached hydrogen (secondary N) is 1. The van der Waals surface area contributed by atoms with Gasteiger partial charge in [0.05, 0.1) is 0 Å². The number of carbonyl (C=O) groups excluding carboxylic acids is 1. The smallest absolute Gasteiger partial charge is 0.339 e. The molecule has 0 saturated carbocycles. The fourth-order valence-corrected chi connectivity index (χ4v) is 3.70. The SMILES string of the molecule is CSCCC(NC(=O)COc1ccc2c3c(c(=O)oc2c1)CCC3)C(=O)O. The molecule has 0 spiro atoms. The number of hydrogen-bond donors (Lipinski definition) is 2. The van der Waals surface area contributed by atoms with Crippen molar-refractivity contribution in [1.29, 1.82) is 0 Å². The lowest BCUT2D eigenvalue weighted by Crippen LogP contribution is -2.43. The normalized spacial score (nSPS) is 14.0. The van der Waals surface area contributed by atoms with Crippen LogP contribution in [0.15, 0.2) is 27.4 Å². The zero-order chi connectivity index (χ0) is 19.4. The van der Waals surface area contributed by atoms with Gasteiger partial charge in [0.15, 0.2) is 6.61 Å². The highest BCUT2D eigenvalue weighted by atomic mass is 32.2.